The number of nitrogens with zero attached hydrogens (tertiary/aromatic N) is 3. The van der Waals surface area contributed by atoms with Gasteiger partial charge in [0.05, 0.1) is 33.3 Å². The number of sulfone groups is 1. The molecule has 39 heavy (non-hydrogen) atoms. The van der Waals surface area contributed by atoms with Crippen LogP contribution in [0.1, 0.15) is 54.6 Å². The Hall–Kier alpha value is -3.05. The Balaban J connectivity index is 1.53. The van der Waals surface area contributed by atoms with Gasteiger partial charge in [-0.15, -0.1) is 13.2 Å². The Morgan fingerprint density at radius 1 is 1.15 bits per heavy atom. The summed E-state index contributed by atoms with van der Waals surface area (Å²) in [5, 5.41) is 3.92. The van der Waals surface area contributed by atoms with Gasteiger partial charge in [-0.05, 0) is 68.5 Å². The molecule has 7 nitrogen and oxygen atoms in total. The molecule has 2 aromatic heterocycles. The van der Waals surface area contributed by atoms with E-state index in [1.165, 1.54) is 12.1 Å². The number of halogens is 4. The zero-order valence-electron chi connectivity index (χ0n) is 21.5. The van der Waals surface area contributed by atoms with Crippen molar-refractivity contribution in [1.82, 2.24) is 14.7 Å². The maximum Gasteiger partial charge on any atom is 0.573 e. The minimum atomic E-state index is -4.83. The van der Waals surface area contributed by atoms with Gasteiger partial charge in [0.25, 0.3) is 0 Å². The fraction of sp³-hybridized carbons (Fsp3) is 0.407. The molecule has 0 spiro atoms. The molecule has 0 N–H and O–H groups in total. The Bertz CT molecular complexity index is 1610. The standard InChI is InChI=1S/C27H27ClF3N3O4S/c1-15(12-18-4-7-24(21(28)13-18)37-27(29,30)31)26-32-22-14-19(25-16(2)33-38-17(25)3)5-6-23(22)34(26)20-8-10-39(35,36)11-9-20/h4-7,13-15,20H,8-12H2,1-3H3. The number of alkyl halides is 3. The average Bonchev–Trinajstić information content (AvgIpc) is 3.39. The number of aromatic nitrogens is 3. The fourth-order valence-corrected chi connectivity index (χ4v) is 7.07. The molecule has 1 fully saturated rings. The van der Waals surface area contributed by atoms with Gasteiger partial charge in [-0.1, -0.05) is 35.8 Å². The number of imidazole rings is 1. The predicted molar refractivity (Wildman–Crippen MR) is 142 cm³/mol. The molecule has 4 aromatic rings. The van der Waals surface area contributed by atoms with Crippen LogP contribution in [0, 0.1) is 13.8 Å². The van der Waals surface area contributed by atoms with Gasteiger partial charge in [-0.2, -0.15) is 0 Å². The number of benzene rings is 2. The lowest BCUT2D eigenvalue weighted by molar-refractivity contribution is -0.274. The SMILES string of the molecule is Cc1noc(C)c1-c1ccc2c(c1)nc(C(C)Cc1ccc(OC(F)(F)F)c(Cl)c1)n2C1CCS(=O)(=O)CC1. The Morgan fingerprint density at radius 3 is 2.49 bits per heavy atom. The third kappa shape index (κ3) is 5.79. The van der Waals surface area contributed by atoms with E-state index < -0.39 is 21.9 Å². The molecule has 1 aliphatic heterocycles. The van der Waals surface area contributed by atoms with Crippen LogP contribution >= 0.6 is 11.6 Å². The van der Waals surface area contributed by atoms with E-state index in [2.05, 4.69) is 14.5 Å². The molecular formula is C27H27ClF3N3O4S. The molecule has 0 saturated carbocycles. The molecule has 0 aliphatic carbocycles. The van der Waals surface area contributed by atoms with Crippen LogP contribution in [0.25, 0.3) is 22.2 Å². The van der Waals surface area contributed by atoms with Crippen LogP contribution in [-0.4, -0.2) is 41.0 Å². The Labute approximate surface area is 228 Å². The molecule has 0 amide bonds. The molecule has 1 unspecified atom stereocenters. The van der Waals surface area contributed by atoms with Crippen LogP contribution in [0.15, 0.2) is 40.9 Å². The molecule has 0 radical (unpaired) electrons. The maximum atomic E-state index is 12.6. The van der Waals surface area contributed by atoms with E-state index in [4.69, 9.17) is 21.1 Å². The first-order chi connectivity index (χ1) is 18.3. The summed E-state index contributed by atoms with van der Waals surface area (Å²) < 4.78 is 73.7. The quantitative estimate of drug-likeness (QED) is 0.245. The second kappa shape index (κ2) is 10.2. The summed E-state index contributed by atoms with van der Waals surface area (Å²) in [6.07, 6.45) is -3.42. The molecule has 12 heteroatoms. The van der Waals surface area contributed by atoms with Crippen LogP contribution in [-0.2, 0) is 16.3 Å². The van der Waals surface area contributed by atoms with Crippen molar-refractivity contribution in [2.45, 2.75) is 58.4 Å². The molecule has 3 heterocycles. The van der Waals surface area contributed by atoms with Crippen LogP contribution in [0.5, 0.6) is 5.75 Å². The maximum absolute atomic E-state index is 12.6. The second-order valence-corrected chi connectivity index (χ2v) is 12.8. The Kier molecular flexibility index (Phi) is 7.17. The van der Waals surface area contributed by atoms with E-state index in [0.29, 0.717) is 25.0 Å². The molecule has 5 rings (SSSR count). The number of rotatable bonds is 6. The summed E-state index contributed by atoms with van der Waals surface area (Å²) in [5.74, 6) is 1.09. The number of aryl methyl sites for hydroxylation is 2. The van der Waals surface area contributed by atoms with Gasteiger partial charge in [0, 0.05) is 17.5 Å². The number of ether oxygens (including phenoxy) is 1. The van der Waals surface area contributed by atoms with Crippen LogP contribution in [0.3, 0.4) is 0 Å². The predicted octanol–water partition coefficient (Wildman–Crippen LogP) is 6.96. The molecular weight excluding hydrogens is 555 g/mol. The monoisotopic (exact) mass is 581 g/mol. The third-order valence-corrected chi connectivity index (χ3v) is 9.14. The van der Waals surface area contributed by atoms with E-state index in [1.807, 2.05) is 39.0 Å². The fourth-order valence-electron chi connectivity index (χ4n) is 5.36. The van der Waals surface area contributed by atoms with Gasteiger partial charge in [0.15, 0.2) is 0 Å². The van der Waals surface area contributed by atoms with Gasteiger partial charge in [0.2, 0.25) is 0 Å². The second-order valence-electron chi connectivity index (χ2n) is 10.0. The number of fused-ring (bicyclic) bond motifs is 1. The average molecular weight is 582 g/mol. The topological polar surface area (TPSA) is 87.2 Å². The molecule has 2 aromatic carbocycles. The molecule has 1 aliphatic rings. The largest absolute Gasteiger partial charge is 0.573 e. The molecule has 208 valence electrons. The van der Waals surface area contributed by atoms with E-state index in [0.717, 1.165) is 39.2 Å². The third-order valence-electron chi connectivity index (χ3n) is 7.13. The summed E-state index contributed by atoms with van der Waals surface area (Å²) in [5.41, 5.74) is 4.97. The first kappa shape index (κ1) is 27.5. The van der Waals surface area contributed by atoms with Crippen molar-refractivity contribution < 1.29 is 30.8 Å². The summed E-state index contributed by atoms with van der Waals surface area (Å²) in [4.78, 5) is 4.99. The lowest BCUT2D eigenvalue weighted by Crippen LogP contribution is -2.27. The lowest BCUT2D eigenvalue weighted by atomic mass is 9.99. The van der Waals surface area contributed by atoms with Gasteiger partial charge in [0.1, 0.15) is 27.2 Å². The normalized spacial score (nSPS) is 17.0. The number of hydrogen-bond donors (Lipinski definition) is 0. The summed E-state index contributed by atoms with van der Waals surface area (Å²) in [6.45, 7) is 5.71. The van der Waals surface area contributed by atoms with E-state index in [1.54, 1.807) is 6.07 Å². The summed E-state index contributed by atoms with van der Waals surface area (Å²) in [6, 6.07) is 10.1. The zero-order valence-corrected chi connectivity index (χ0v) is 23.1. The molecule has 1 atom stereocenters. The van der Waals surface area contributed by atoms with Gasteiger partial charge >= 0.3 is 6.36 Å². The minimum Gasteiger partial charge on any atom is -0.404 e. The highest BCUT2D eigenvalue weighted by molar-refractivity contribution is 7.91. The van der Waals surface area contributed by atoms with Gasteiger partial charge in [-0.25, -0.2) is 13.4 Å². The van der Waals surface area contributed by atoms with Crippen LogP contribution < -0.4 is 4.74 Å². The lowest BCUT2D eigenvalue weighted by Gasteiger charge is -2.27. The van der Waals surface area contributed by atoms with Crippen molar-refractivity contribution in [3.63, 3.8) is 0 Å². The van der Waals surface area contributed by atoms with Crippen molar-refractivity contribution in [2.24, 2.45) is 0 Å². The Morgan fingerprint density at radius 2 is 1.87 bits per heavy atom. The van der Waals surface area contributed by atoms with Crippen molar-refractivity contribution in [3.05, 3.63) is 64.3 Å². The zero-order chi connectivity index (χ0) is 28.1. The molecule has 0 bridgehead atoms. The summed E-state index contributed by atoms with van der Waals surface area (Å²) in [7, 11) is -3.07. The summed E-state index contributed by atoms with van der Waals surface area (Å²) >= 11 is 6.09. The van der Waals surface area contributed by atoms with Crippen LogP contribution in [0.2, 0.25) is 5.02 Å². The van der Waals surface area contributed by atoms with Crippen LogP contribution in [0.4, 0.5) is 13.2 Å². The smallest absolute Gasteiger partial charge is 0.404 e. The first-order valence-electron chi connectivity index (χ1n) is 12.5. The number of hydrogen-bond acceptors (Lipinski definition) is 6. The van der Waals surface area contributed by atoms with Crippen molar-refractivity contribution in [3.8, 4) is 16.9 Å². The van der Waals surface area contributed by atoms with Gasteiger partial charge in [-0.3, -0.25) is 0 Å². The van der Waals surface area contributed by atoms with E-state index in [-0.39, 0.29) is 28.5 Å². The minimum absolute atomic E-state index is 0.0490. The first-order valence-corrected chi connectivity index (χ1v) is 14.7. The van der Waals surface area contributed by atoms with E-state index in [9.17, 15) is 21.6 Å². The highest BCUT2D eigenvalue weighted by Gasteiger charge is 2.32. The highest BCUT2D eigenvalue weighted by Crippen LogP contribution is 2.37. The molecule has 1 saturated heterocycles. The van der Waals surface area contributed by atoms with E-state index >= 15 is 0 Å². The van der Waals surface area contributed by atoms with Gasteiger partial charge < -0.3 is 13.8 Å². The van der Waals surface area contributed by atoms with Crippen molar-refractivity contribution in [1.29, 1.82) is 0 Å². The van der Waals surface area contributed by atoms with Crippen molar-refractivity contribution >= 4 is 32.5 Å². The van der Waals surface area contributed by atoms with Crippen molar-refractivity contribution in [2.75, 3.05) is 11.5 Å². The highest BCUT2D eigenvalue weighted by atomic mass is 35.5.